The highest BCUT2D eigenvalue weighted by molar-refractivity contribution is 5.93. The highest BCUT2D eigenvalue weighted by Crippen LogP contribution is 2.24. The lowest BCUT2D eigenvalue weighted by molar-refractivity contribution is 0.0991. The Morgan fingerprint density at radius 2 is 1.83 bits per heavy atom. The lowest BCUT2D eigenvalue weighted by Gasteiger charge is -2.18. The van der Waals surface area contributed by atoms with Crippen LogP contribution in [-0.4, -0.2) is 15.7 Å². The van der Waals surface area contributed by atoms with E-state index in [2.05, 4.69) is 25.9 Å². The number of ether oxygens (including phenoxy) is 1. The molecule has 0 saturated heterocycles. The van der Waals surface area contributed by atoms with Crippen molar-refractivity contribution in [3.63, 3.8) is 0 Å². The zero-order chi connectivity index (χ0) is 21.3. The molecule has 29 heavy (non-hydrogen) atoms. The summed E-state index contributed by atoms with van der Waals surface area (Å²) in [5.41, 5.74) is 5.58. The molecular weight excluding hydrogens is 384 g/mol. The van der Waals surface area contributed by atoms with Crippen LogP contribution in [0.25, 0.3) is 5.69 Å². The van der Waals surface area contributed by atoms with Gasteiger partial charge in [-0.1, -0.05) is 32.9 Å². The molecule has 3 rings (SSSR count). The molecule has 7 nitrogen and oxygen atoms in total. The number of nitrogens with two attached hydrogens (primary N) is 1. The Bertz CT molecular complexity index is 1110. The highest BCUT2D eigenvalue weighted by atomic mass is 19.1. The van der Waals surface area contributed by atoms with Gasteiger partial charge in [0.05, 0.1) is 5.69 Å². The lowest BCUT2D eigenvalue weighted by atomic mass is 9.87. The standard InChI is InChI=1S/C20H19F2N3O4/c1-20(2,3)11-4-6-12(7-5-11)25-19(27)29-15(24-25)10-28-14-9-8-13(21)16(17(14)22)18(23)26/h4-9H,10H2,1-3H3,(H2,23,26). The number of rotatable bonds is 5. The molecule has 3 aromatic rings. The van der Waals surface area contributed by atoms with E-state index in [4.69, 9.17) is 14.9 Å². The van der Waals surface area contributed by atoms with Crippen LogP contribution < -0.4 is 16.2 Å². The maximum Gasteiger partial charge on any atom is 0.442 e. The summed E-state index contributed by atoms with van der Waals surface area (Å²) >= 11 is 0. The predicted octanol–water partition coefficient (Wildman–Crippen LogP) is 3.08. The van der Waals surface area contributed by atoms with E-state index in [-0.39, 0.29) is 11.3 Å². The number of carbonyl (C=O) groups is 1. The summed E-state index contributed by atoms with van der Waals surface area (Å²) < 4.78 is 38.9. The smallest absolute Gasteiger partial charge is 0.442 e. The minimum atomic E-state index is -1.26. The zero-order valence-electron chi connectivity index (χ0n) is 16.0. The van der Waals surface area contributed by atoms with Crippen LogP contribution in [0.3, 0.4) is 0 Å². The third-order valence-corrected chi connectivity index (χ3v) is 4.22. The van der Waals surface area contributed by atoms with E-state index in [0.29, 0.717) is 5.69 Å². The van der Waals surface area contributed by atoms with Crippen molar-refractivity contribution in [2.75, 3.05) is 0 Å². The molecule has 0 aliphatic carbocycles. The number of benzene rings is 2. The van der Waals surface area contributed by atoms with Gasteiger partial charge in [0, 0.05) is 0 Å². The summed E-state index contributed by atoms with van der Waals surface area (Å²) in [6.45, 7) is 5.79. The Hall–Kier alpha value is -3.49. The SMILES string of the molecule is CC(C)(C)c1ccc(-n2nc(COc3ccc(F)c(C(N)=O)c3F)oc2=O)cc1. The summed E-state index contributed by atoms with van der Waals surface area (Å²) in [5.74, 6) is -4.90. The number of amides is 1. The first-order valence-electron chi connectivity index (χ1n) is 8.68. The van der Waals surface area contributed by atoms with Crippen LogP contribution in [0.4, 0.5) is 8.78 Å². The zero-order valence-corrected chi connectivity index (χ0v) is 16.0. The van der Waals surface area contributed by atoms with Crippen LogP contribution in [0.15, 0.2) is 45.6 Å². The largest absolute Gasteiger partial charge is 0.481 e. The first-order chi connectivity index (χ1) is 13.6. The van der Waals surface area contributed by atoms with Crippen LogP contribution in [0.5, 0.6) is 5.75 Å². The Labute approximate surface area is 164 Å². The van der Waals surface area contributed by atoms with E-state index in [9.17, 15) is 18.4 Å². The van der Waals surface area contributed by atoms with Crippen molar-refractivity contribution < 1.29 is 22.7 Å². The molecule has 1 aromatic heterocycles. The number of halogens is 2. The van der Waals surface area contributed by atoms with E-state index < -0.39 is 41.2 Å². The maximum atomic E-state index is 14.2. The van der Waals surface area contributed by atoms with Gasteiger partial charge in [-0.2, -0.15) is 4.68 Å². The Morgan fingerprint density at radius 1 is 1.17 bits per heavy atom. The quantitative estimate of drug-likeness (QED) is 0.706. The summed E-state index contributed by atoms with van der Waals surface area (Å²) in [6, 6.07) is 9.07. The lowest BCUT2D eigenvalue weighted by Crippen LogP contribution is -2.16. The Balaban J connectivity index is 1.81. The molecule has 2 aromatic carbocycles. The van der Waals surface area contributed by atoms with Crippen molar-refractivity contribution in [3.05, 3.63) is 75.6 Å². The molecule has 0 unspecified atom stereocenters. The topological polar surface area (TPSA) is 100 Å². The van der Waals surface area contributed by atoms with Crippen molar-refractivity contribution in [3.8, 4) is 11.4 Å². The fourth-order valence-corrected chi connectivity index (χ4v) is 2.65. The molecule has 0 spiro atoms. The molecule has 1 amide bonds. The van der Waals surface area contributed by atoms with Gasteiger partial charge in [0.1, 0.15) is 11.4 Å². The minimum absolute atomic E-state index is 0.0463. The van der Waals surface area contributed by atoms with Gasteiger partial charge in [0.15, 0.2) is 18.2 Å². The Kier molecular flexibility index (Phi) is 5.23. The number of carbonyl (C=O) groups excluding carboxylic acids is 1. The molecule has 0 bridgehead atoms. The normalized spacial score (nSPS) is 11.5. The van der Waals surface area contributed by atoms with Gasteiger partial charge >= 0.3 is 5.76 Å². The van der Waals surface area contributed by atoms with Crippen molar-refractivity contribution in [2.45, 2.75) is 32.8 Å². The minimum Gasteiger partial charge on any atom is -0.481 e. The fraction of sp³-hybridized carbons (Fsp3) is 0.250. The average Bonchev–Trinajstić information content (AvgIpc) is 3.01. The average molecular weight is 403 g/mol. The Morgan fingerprint density at radius 3 is 2.41 bits per heavy atom. The van der Waals surface area contributed by atoms with Gasteiger partial charge < -0.3 is 14.9 Å². The van der Waals surface area contributed by atoms with E-state index in [0.717, 1.165) is 22.4 Å². The van der Waals surface area contributed by atoms with Crippen LogP contribution in [0, 0.1) is 11.6 Å². The maximum absolute atomic E-state index is 14.2. The van der Waals surface area contributed by atoms with Crippen molar-refractivity contribution in [1.82, 2.24) is 9.78 Å². The number of primary amides is 1. The van der Waals surface area contributed by atoms with Crippen LogP contribution in [-0.2, 0) is 12.0 Å². The second-order valence-electron chi connectivity index (χ2n) is 7.36. The second-order valence-corrected chi connectivity index (χ2v) is 7.36. The van der Waals surface area contributed by atoms with Gasteiger partial charge in [-0.15, -0.1) is 5.10 Å². The van der Waals surface area contributed by atoms with Gasteiger partial charge in [0.25, 0.3) is 11.8 Å². The molecule has 2 N–H and O–H groups in total. The summed E-state index contributed by atoms with van der Waals surface area (Å²) in [7, 11) is 0. The number of hydrogen-bond acceptors (Lipinski definition) is 5. The molecule has 152 valence electrons. The van der Waals surface area contributed by atoms with Gasteiger partial charge in [-0.05, 0) is 35.2 Å². The van der Waals surface area contributed by atoms with Gasteiger partial charge in [-0.3, -0.25) is 4.79 Å². The van der Waals surface area contributed by atoms with Crippen LogP contribution in [0.2, 0.25) is 0 Å². The van der Waals surface area contributed by atoms with E-state index in [1.165, 1.54) is 0 Å². The molecule has 0 aliphatic heterocycles. The number of nitrogens with zero attached hydrogens (tertiary/aromatic N) is 2. The van der Waals surface area contributed by atoms with Gasteiger partial charge in [-0.25, -0.2) is 13.6 Å². The summed E-state index contributed by atoms with van der Waals surface area (Å²) in [5, 5.41) is 4.02. The fourth-order valence-electron chi connectivity index (χ4n) is 2.65. The van der Waals surface area contributed by atoms with Crippen LogP contribution in [0.1, 0.15) is 42.6 Å². The van der Waals surface area contributed by atoms with Crippen molar-refractivity contribution >= 4 is 5.91 Å². The molecule has 1 heterocycles. The van der Waals surface area contributed by atoms with Crippen LogP contribution >= 0.6 is 0 Å². The molecule has 0 fully saturated rings. The number of aromatic nitrogens is 2. The molecule has 0 radical (unpaired) electrons. The monoisotopic (exact) mass is 403 g/mol. The third-order valence-electron chi connectivity index (χ3n) is 4.22. The molecule has 0 saturated carbocycles. The van der Waals surface area contributed by atoms with Crippen molar-refractivity contribution in [1.29, 1.82) is 0 Å². The third kappa shape index (κ3) is 4.18. The first kappa shape index (κ1) is 20.2. The molecule has 9 heteroatoms. The summed E-state index contributed by atoms with van der Waals surface area (Å²) in [4.78, 5) is 23.3. The van der Waals surface area contributed by atoms with E-state index in [1.807, 2.05) is 12.1 Å². The second kappa shape index (κ2) is 7.50. The number of hydrogen-bond donors (Lipinski definition) is 1. The molecule has 0 aliphatic rings. The predicted molar refractivity (Wildman–Crippen MR) is 100 cm³/mol. The summed E-state index contributed by atoms with van der Waals surface area (Å²) in [6.07, 6.45) is 0. The molecule has 0 atom stereocenters. The van der Waals surface area contributed by atoms with E-state index in [1.54, 1.807) is 12.1 Å². The van der Waals surface area contributed by atoms with E-state index >= 15 is 0 Å². The highest BCUT2D eigenvalue weighted by Gasteiger charge is 2.20. The van der Waals surface area contributed by atoms with Gasteiger partial charge in [0.2, 0.25) is 0 Å². The first-order valence-corrected chi connectivity index (χ1v) is 8.68. The van der Waals surface area contributed by atoms with Crippen molar-refractivity contribution in [2.24, 2.45) is 5.73 Å². The molecular formula is C20H19F2N3O4.